The van der Waals surface area contributed by atoms with Crippen LogP contribution in [0.5, 0.6) is 0 Å². The largest absolute Gasteiger partial charge is 0.338 e. The van der Waals surface area contributed by atoms with E-state index >= 15 is 0 Å². The molecule has 1 aliphatic heterocycles. The highest BCUT2D eigenvalue weighted by Crippen LogP contribution is 2.19. The van der Waals surface area contributed by atoms with E-state index in [1.54, 1.807) is 0 Å². The van der Waals surface area contributed by atoms with Gasteiger partial charge >= 0.3 is 0 Å². The summed E-state index contributed by atoms with van der Waals surface area (Å²) in [7, 11) is 1.89. The Morgan fingerprint density at radius 1 is 1.17 bits per heavy atom. The van der Waals surface area contributed by atoms with Gasteiger partial charge < -0.3 is 15.1 Å². The van der Waals surface area contributed by atoms with E-state index in [0.29, 0.717) is 6.54 Å². The molecular weight excluding hydrogens is 370 g/mol. The average Bonchev–Trinajstić information content (AvgIpc) is 2.79. The Morgan fingerprint density at radius 3 is 2.46 bits per heavy atom. The summed E-state index contributed by atoms with van der Waals surface area (Å²) in [5.74, 6) is 0.0867. The van der Waals surface area contributed by atoms with Crippen LogP contribution in [-0.2, 0) is 9.59 Å². The second-order valence-corrected chi connectivity index (χ2v) is 7.53. The minimum Gasteiger partial charge on any atom is -0.338 e. The maximum Gasteiger partial charge on any atom is 0.279 e. The van der Waals surface area contributed by atoms with E-state index in [1.165, 1.54) is 12.8 Å². The molecular formula is C18H27BrN3O2+. The van der Waals surface area contributed by atoms with Crippen molar-refractivity contribution in [3.63, 3.8) is 0 Å². The van der Waals surface area contributed by atoms with Crippen LogP contribution in [0.4, 0.5) is 5.69 Å². The predicted molar refractivity (Wildman–Crippen MR) is 99.2 cm³/mol. The third-order valence-corrected chi connectivity index (χ3v) is 4.83. The van der Waals surface area contributed by atoms with Crippen molar-refractivity contribution in [3.8, 4) is 0 Å². The van der Waals surface area contributed by atoms with Gasteiger partial charge in [0, 0.05) is 23.2 Å². The predicted octanol–water partition coefficient (Wildman–Crippen LogP) is 1.61. The van der Waals surface area contributed by atoms with Crippen molar-refractivity contribution >= 4 is 33.4 Å². The summed E-state index contributed by atoms with van der Waals surface area (Å²) in [5.41, 5.74) is 1.82. The molecule has 1 atom stereocenters. The Bertz CT molecular complexity index is 584. The zero-order chi connectivity index (χ0) is 17.5. The van der Waals surface area contributed by atoms with Crippen LogP contribution in [0.15, 0.2) is 22.7 Å². The number of hydrogen-bond donors (Lipinski definition) is 2. The molecule has 0 saturated carbocycles. The van der Waals surface area contributed by atoms with Crippen molar-refractivity contribution in [2.75, 3.05) is 38.5 Å². The van der Waals surface area contributed by atoms with Gasteiger partial charge in [0.1, 0.15) is 0 Å². The van der Waals surface area contributed by atoms with Gasteiger partial charge in [0.2, 0.25) is 0 Å². The molecule has 1 saturated heterocycles. The number of hydrogen-bond acceptors (Lipinski definition) is 2. The van der Waals surface area contributed by atoms with Crippen LogP contribution in [0.2, 0.25) is 0 Å². The second kappa shape index (κ2) is 9.18. The number of nitrogens with zero attached hydrogens (tertiary/aromatic N) is 1. The van der Waals surface area contributed by atoms with Gasteiger partial charge in [0.05, 0.1) is 7.05 Å². The van der Waals surface area contributed by atoms with Gasteiger partial charge in [-0.15, -0.1) is 0 Å². The molecule has 0 bridgehead atoms. The number of aryl methyl sites for hydroxylation is 1. The number of anilines is 1. The topological polar surface area (TPSA) is 53.9 Å². The van der Waals surface area contributed by atoms with Crippen LogP contribution in [0, 0.1) is 6.92 Å². The highest BCUT2D eigenvalue weighted by Gasteiger charge is 2.20. The summed E-state index contributed by atoms with van der Waals surface area (Å²) in [6.45, 7) is 4.33. The zero-order valence-corrected chi connectivity index (χ0v) is 16.1. The van der Waals surface area contributed by atoms with Gasteiger partial charge in [0.15, 0.2) is 13.1 Å². The first kappa shape index (κ1) is 18.9. The number of quaternary nitrogens is 1. The van der Waals surface area contributed by atoms with Crippen molar-refractivity contribution in [2.24, 2.45) is 0 Å². The Hall–Kier alpha value is -1.40. The standard InChI is InChI=1S/C18H26BrN3O2/c1-14-11-15(19)7-8-16(14)20-17(23)12-21(2)13-18(24)22-9-5-3-4-6-10-22/h7-8,11H,3-6,9-10,12-13H2,1-2H3,(H,20,23)/p+1. The Morgan fingerprint density at radius 2 is 1.83 bits per heavy atom. The zero-order valence-electron chi connectivity index (χ0n) is 14.5. The third-order valence-electron chi connectivity index (χ3n) is 4.34. The number of benzene rings is 1. The Kier molecular flexibility index (Phi) is 7.24. The summed E-state index contributed by atoms with van der Waals surface area (Å²) in [4.78, 5) is 27.4. The minimum atomic E-state index is -0.0680. The lowest BCUT2D eigenvalue weighted by Gasteiger charge is -2.22. The molecule has 1 fully saturated rings. The SMILES string of the molecule is Cc1cc(Br)ccc1NC(=O)C[NH+](C)CC(=O)N1CCCCCC1. The fourth-order valence-electron chi connectivity index (χ4n) is 2.99. The quantitative estimate of drug-likeness (QED) is 0.794. The molecule has 2 N–H and O–H groups in total. The molecule has 0 spiro atoms. The van der Waals surface area contributed by atoms with Crippen LogP contribution >= 0.6 is 15.9 Å². The molecule has 1 aliphatic rings. The average molecular weight is 397 g/mol. The Balaban J connectivity index is 1.81. The molecule has 1 unspecified atom stereocenters. The van der Waals surface area contributed by atoms with Crippen LogP contribution in [0.1, 0.15) is 31.2 Å². The molecule has 0 aromatic heterocycles. The number of nitrogens with one attached hydrogen (secondary N) is 2. The van der Waals surface area contributed by atoms with E-state index in [0.717, 1.165) is 46.6 Å². The maximum absolute atomic E-state index is 12.4. The van der Waals surface area contributed by atoms with Gasteiger partial charge in [0.25, 0.3) is 11.8 Å². The van der Waals surface area contributed by atoms with E-state index in [2.05, 4.69) is 21.2 Å². The molecule has 24 heavy (non-hydrogen) atoms. The van der Waals surface area contributed by atoms with Crippen molar-refractivity contribution in [3.05, 3.63) is 28.2 Å². The summed E-state index contributed by atoms with van der Waals surface area (Å²) in [5, 5.41) is 2.93. The van der Waals surface area contributed by atoms with E-state index in [1.807, 2.05) is 37.1 Å². The van der Waals surface area contributed by atoms with Gasteiger partial charge in [-0.25, -0.2) is 0 Å². The smallest absolute Gasteiger partial charge is 0.279 e. The van der Waals surface area contributed by atoms with E-state index in [4.69, 9.17) is 0 Å². The van der Waals surface area contributed by atoms with Gasteiger partial charge in [-0.3, -0.25) is 9.59 Å². The molecule has 1 aromatic rings. The second-order valence-electron chi connectivity index (χ2n) is 6.61. The molecule has 0 radical (unpaired) electrons. The van der Waals surface area contributed by atoms with E-state index in [-0.39, 0.29) is 18.4 Å². The van der Waals surface area contributed by atoms with Crippen LogP contribution in [0.25, 0.3) is 0 Å². The summed E-state index contributed by atoms with van der Waals surface area (Å²) in [6, 6.07) is 5.76. The van der Waals surface area contributed by atoms with Crippen LogP contribution in [0.3, 0.4) is 0 Å². The first-order valence-corrected chi connectivity index (χ1v) is 9.40. The Labute approximate surface area is 152 Å². The summed E-state index contributed by atoms with van der Waals surface area (Å²) in [6.07, 6.45) is 4.60. The van der Waals surface area contributed by atoms with Crippen molar-refractivity contribution in [1.29, 1.82) is 0 Å². The highest BCUT2D eigenvalue weighted by molar-refractivity contribution is 9.10. The number of carbonyl (C=O) groups is 2. The van der Waals surface area contributed by atoms with E-state index in [9.17, 15) is 9.59 Å². The molecule has 132 valence electrons. The lowest BCUT2D eigenvalue weighted by atomic mass is 10.2. The molecule has 2 rings (SSSR count). The normalized spacial score (nSPS) is 16.4. The molecule has 6 heteroatoms. The molecule has 5 nitrogen and oxygen atoms in total. The van der Waals surface area contributed by atoms with Crippen molar-refractivity contribution < 1.29 is 14.5 Å². The van der Waals surface area contributed by atoms with Gasteiger partial charge in [-0.05, 0) is 43.5 Å². The highest BCUT2D eigenvalue weighted by atomic mass is 79.9. The molecule has 0 aliphatic carbocycles. The maximum atomic E-state index is 12.4. The summed E-state index contributed by atoms with van der Waals surface area (Å²) >= 11 is 3.41. The molecule has 1 heterocycles. The number of amides is 2. The molecule has 2 amide bonds. The van der Waals surface area contributed by atoms with Crippen molar-refractivity contribution in [2.45, 2.75) is 32.6 Å². The van der Waals surface area contributed by atoms with Crippen molar-refractivity contribution in [1.82, 2.24) is 4.90 Å². The number of halogens is 1. The number of likely N-dealkylation sites (N-methyl/N-ethyl adjacent to an activating group) is 1. The minimum absolute atomic E-state index is 0.0680. The third kappa shape index (κ3) is 5.91. The van der Waals surface area contributed by atoms with E-state index < -0.39 is 0 Å². The monoisotopic (exact) mass is 396 g/mol. The fourth-order valence-corrected chi connectivity index (χ4v) is 3.46. The number of rotatable bonds is 5. The number of likely N-dealkylation sites (tertiary alicyclic amines) is 1. The van der Waals surface area contributed by atoms with Crippen LogP contribution < -0.4 is 10.2 Å². The first-order chi connectivity index (χ1) is 11.5. The van der Waals surface area contributed by atoms with Crippen LogP contribution in [-0.4, -0.2) is 49.9 Å². The molecule has 1 aromatic carbocycles. The van der Waals surface area contributed by atoms with Gasteiger partial charge in [-0.2, -0.15) is 0 Å². The number of carbonyl (C=O) groups excluding carboxylic acids is 2. The van der Waals surface area contributed by atoms with Gasteiger partial charge in [-0.1, -0.05) is 28.8 Å². The lowest BCUT2D eigenvalue weighted by Crippen LogP contribution is -3.11. The fraction of sp³-hybridized carbons (Fsp3) is 0.556. The lowest BCUT2D eigenvalue weighted by molar-refractivity contribution is -0.862. The first-order valence-electron chi connectivity index (χ1n) is 8.61. The summed E-state index contributed by atoms with van der Waals surface area (Å²) < 4.78 is 0.990.